The molecular weight excluding hydrogens is 234 g/mol. The van der Waals surface area contributed by atoms with Crippen LogP contribution in [-0.4, -0.2) is 23.8 Å². The molecule has 0 aromatic heterocycles. The molecule has 0 spiro atoms. The lowest BCUT2D eigenvalue weighted by Crippen LogP contribution is -2.43. The van der Waals surface area contributed by atoms with Crippen molar-refractivity contribution in [2.24, 2.45) is 5.92 Å². The summed E-state index contributed by atoms with van der Waals surface area (Å²) in [5, 5.41) is 13.5. The second kappa shape index (κ2) is 5.64. The Labute approximate surface area is 116 Å². The Balaban J connectivity index is 1.41. The van der Waals surface area contributed by atoms with Gasteiger partial charge >= 0.3 is 0 Å². The number of rotatable bonds is 4. The standard InChI is InChI=1S/C17H25NO/c1-12-5-7-13(8-6-12)15-9-16(10-15)18-11-14-3-2-4-17(14)19/h5-8,14-19H,2-4,9-11H2,1H3. The molecule has 0 saturated heterocycles. The number of nitrogens with one attached hydrogen (secondary N) is 1. The summed E-state index contributed by atoms with van der Waals surface area (Å²) in [5.74, 6) is 1.24. The maximum absolute atomic E-state index is 9.81. The van der Waals surface area contributed by atoms with Gasteiger partial charge < -0.3 is 10.4 Å². The maximum atomic E-state index is 9.81. The summed E-state index contributed by atoms with van der Waals surface area (Å²) in [6, 6.07) is 9.64. The van der Waals surface area contributed by atoms with Crippen LogP contribution in [0.4, 0.5) is 0 Å². The Morgan fingerprint density at radius 1 is 1.16 bits per heavy atom. The van der Waals surface area contributed by atoms with Crippen molar-refractivity contribution in [1.29, 1.82) is 0 Å². The second-order valence-corrected chi connectivity index (χ2v) is 6.44. The Kier molecular flexibility index (Phi) is 3.90. The van der Waals surface area contributed by atoms with E-state index in [2.05, 4.69) is 36.5 Å². The molecule has 19 heavy (non-hydrogen) atoms. The number of hydrogen-bond acceptors (Lipinski definition) is 2. The van der Waals surface area contributed by atoms with Gasteiger partial charge in [-0.3, -0.25) is 0 Å². The second-order valence-electron chi connectivity index (χ2n) is 6.44. The van der Waals surface area contributed by atoms with Crippen molar-refractivity contribution in [3.8, 4) is 0 Å². The summed E-state index contributed by atoms with van der Waals surface area (Å²) in [5.41, 5.74) is 2.83. The number of aryl methyl sites for hydroxylation is 1. The zero-order valence-electron chi connectivity index (χ0n) is 11.8. The van der Waals surface area contributed by atoms with Crippen LogP contribution >= 0.6 is 0 Å². The van der Waals surface area contributed by atoms with E-state index in [0.717, 1.165) is 18.9 Å². The van der Waals surface area contributed by atoms with Crippen molar-refractivity contribution >= 4 is 0 Å². The summed E-state index contributed by atoms with van der Waals surface area (Å²) in [6.07, 6.45) is 5.85. The molecule has 1 aromatic carbocycles. The Morgan fingerprint density at radius 2 is 1.89 bits per heavy atom. The molecule has 2 unspecified atom stereocenters. The van der Waals surface area contributed by atoms with E-state index in [9.17, 15) is 5.11 Å². The van der Waals surface area contributed by atoms with E-state index in [1.54, 1.807) is 0 Å². The zero-order chi connectivity index (χ0) is 13.2. The third-order valence-corrected chi connectivity index (χ3v) is 4.97. The largest absolute Gasteiger partial charge is 0.393 e. The molecule has 2 saturated carbocycles. The quantitative estimate of drug-likeness (QED) is 0.871. The van der Waals surface area contributed by atoms with E-state index in [1.807, 2.05) is 0 Å². The highest BCUT2D eigenvalue weighted by atomic mass is 16.3. The first-order valence-corrected chi connectivity index (χ1v) is 7.70. The van der Waals surface area contributed by atoms with E-state index in [-0.39, 0.29) is 6.10 Å². The van der Waals surface area contributed by atoms with Gasteiger partial charge in [0.1, 0.15) is 0 Å². The molecule has 2 nitrogen and oxygen atoms in total. The lowest BCUT2D eigenvalue weighted by molar-refractivity contribution is 0.125. The number of aliphatic hydroxyl groups is 1. The average molecular weight is 259 g/mol. The first-order valence-electron chi connectivity index (χ1n) is 7.70. The molecule has 0 radical (unpaired) electrons. The maximum Gasteiger partial charge on any atom is 0.0580 e. The highest BCUT2D eigenvalue weighted by Gasteiger charge is 2.32. The highest BCUT2D eigenvalue weighted by Crippen LogP contribution is 2.37. The minimum absolute atomic E-state index is 0.0551. The third-order valence-electron chi connectivity index (χ3n) is 4.97. The summed E-state index contributed by atoms with van der Waals surface area (Å²) in [7, 11) is 0. The molecule has 2 aliphatic rings. The monoisotopic (exact) mass is 259 g/mol. The fraction of sp³-hybridized carbons (Fsp3) is 0.647. The smallest absolute Gasteiger partial charge is 0.0580 e. The minimum atomic E-state index is -0.0551. The van der Waals surface area contributed by atoms with Crippen LogP contribution in [0, 0.1) is 12.8 Å². The van der Waals surface area contributed by atoms with E-state index >= 15 is 0 Å². The van der Waals surface area contributed by atoms with Gasteiger partial charge in [0.2, 0.25) is 0 Å². The van der Waals surface area contributed by atoms with Crippen molar-refractivity contribution in [2.45, 2.75) is 57.1 Å². The van der Waals surface area contributed by atoms with Gasteiger partial charge in [0.25, 0.3) is 0 Å². The lowest BCUT2D eigenvalue weighted by atomic mass is 9.75. The van der Waals surface area contributed by atoms with Crippen molar-refractivity contribution < 1.29 is 5.11 Å². The molecule has 0 bridgehead atoms. The Bertz CT molecular complexity index is 408. The van der Waals surface area contributed by atoms with Crippen molar-refractivity contribution in [3.05, 3.63) is 35.4 Å². The Morgan fingerprint density at radius 3 is 2.53 bits per heavy atom. The van der Waals surface area contributed by atoms with Gasteiger partial charge in [0.15, 0.2) is 0 Å². The van der Waals surface area contributed by atoms with Crippen LogP contribution in [0.1, 0.15) is 49.1 Å². The SMILES string of the molecule is Cc1ccc(C2CC(NCC3CCCC3O)C2)cc1. The lowest BCUT2D eigenvalue weighted by Gasteiger charge is -2.37. The van der Waals surface area contributed by atoms with Crippen LogP contribution in [0.3, 0.4) is 0 Å². The van der Waals surface area contributed by atoms with Gasteiger partial charge in [-0.25, -0.2) is 0 Å². The van der Waals surface area contributed by atoms with Crippen LogP contribution in [0.2, 0.25) is 0 Å². The molecular formula is C17H25NO. The molecule has 2 fully saturated rings. The number of hydrogen-bond donors (Lipinski definition) is 2. The predicted molar refractivity (Wildman–Crippen MR) is 78.3 cm³/mol. The van der Waals surface area contributed by atoms with Gasteiger partial charge in [-0.2, -0.15) is 0 Å². The molecule has 2 atom stereocenters. The first-order chi connectivity index (χ1) is 9.22. The topological polar surface area (TPSA) is 32.3 Å². The molecule has 2 heteroatoms. The van der Waals surface area contributed by atoms with Crippen molar-refractivity contribution in [3.63, 3.8) is 0 Å². The zero-order valence-corrected chi connectivity index (χ0v) is 11.8. The fourth-order valence-electron chi connectivity index (χ4n) is 3.47. The van der Waals surface area contributed by atoms with E-state index in [4.69, 9.17) is 0 Å². The van der Waals surface area contributed by atoms with Crippen molar-refractivity contribution in [1.82, 2.24) is 5.32 Å². The molecule has 0 amide bonds. The molecule has 0 heterocycles. The van der Waals surface area contributed by atoms with Gasteiger partial charge in [-0.05, 0) is 50.0 Å². The van der Waals surface area contributed by atoms with E-state index in [1.165, 1.54) is 36.8 Å². The molecule has 0 aliphatic heterocycles. The summed E-state index contributed by atoms with van der Waals surface area (Å²) >= 11 is 0. The number of aliphatic hydroxyl groups excluding tert-OH is 1. The number of benzene rings is 1. The molecule has 2 N–H and O–H groups in total. The van der Waals surface area contributed by atoms with Crippen LogP contribution < -0.4 is 5.32 Å². The summed E-state index contributed by atoms with van der Waals surface area (Å²) < 4.78 is 0. The van der Waals surface area contributed by atoms with Gasteiger partial charge in [0, 0.05) is 12.6 Å². The summed E-state index contributed by atoms with van der Waals surface area (Å²) in [6.45, 7) is 3.15. The Hall–Kier alpha value is -0.860. The van der Waals surface area contributed by atoms with E-state index in [0.29, 0.717) is 12.0 Å². The normalized spacial score (nSPS) is 34.2. The molecule has 1 aromatic rings. The van der Waals surface area contributed by atoms with Crippen LogP contribution in [0.15, 0.2) is 24.3 Å². The third kappa shape index (κ3) is 3.01. The first kappa shape index (κ1) is 13.1. The van der Waals surface area contributed by atoms with Gasteiger partial charge in [-0.1, -0.05) is 36.2 Å². The molecule has 2 aliphatic carbocycles. The van der Waals surface area contributed by atoms with Crippen molar-refractivity contribution in [2.75, 3.05) is 6.54 Å². The highest BCUT2D eigenvalue weighted by molar-refractivity contribution is 5.26. The fourth-order valence-corrected chi connectivity index (χ4v) is 3.47. The van der Waals surface area contributed by atoms with Gasteiger partial charge in [-0.15, -0.1) is 0 Å². The average Bonchev–Trinajstić information content (AvgIpc) is 2.75. The predicted octanol–water partition coefficient (Wildman–Crippen LogP) is 2.99. The van der Waals surface area contributed by atoms with Crippen LogP contribution in [0.5, 0.6) is 0 Å². The van der Waals surface area contributed by atoms with Crippen LogP contribution in [0.25, 0.3) is 0 Å². The van der Waals surface area contributed by atoms with E-state index < -0.39 is 0 Å². The summed E-state index contributed by atoms with van der Waals surface area (Å²) in [4.78, 5) is 0. The minimum Gasteiger partial charge on any atom is -0.393 e. The van der Waals surface area contributed by atoms with Crippen LogP contribution in [-0.2, 0) is 0 Å². The van der Waals surface area contributed by atoms with Gasteiger partial charge in [0.05, 0.1) is 6.10 Å². The molecule has 3 rings (SSSR count). The molecule has 104 valence electrons.